The van der Waals surface area contributed by atoms with Crippen molar-refractivity contribution < 1.29 is 18.8 Å². The predicted molar refractivity (Wildman–Crippen MR) is 89.1 cm³/mol. The third kappa shape index (κ3) is 3.41. The summed E-state index contributed by atoms with van der Waals surface area (Å²) in [5.74, 6) is 1.54. The number of rotatable bonds is 6. The molecule has 0 atom stereocenters. The predicted octanol–water partition coefficient (Wildman–Crippen LogP) is 3.17. The van der Waals surface area contributed by atoms with E-state index in [0.717, 1.165) is 36.4 Å². The van der Waals surface area contributed by atoms with Gasteiger partial charge in [0.25, 0.3) is 0 Å². The lowest BCUT2D eigenvalue weighted by molar-refractivity contribution is 0.00578. The molecule has 4 nitrogen and oxygen atoms in total. The maximum atomic E-state index is 6.09. The Balaban J connectivity index is 2.18. The second-order valence-electron chi connectivity index (χ2n) is 6.69. The van der Waals surface area contributed by atoms with Crippen LogP contribution in [0.2, 0.25) is 0 Å². The quantitative estimate of drug-likeness (QED) is 0.597. The van der Waals surface area contributed by atoms with Crippen molar-refractivity contribution in [2.45, 2.75) is 58.7 Å². The molecule has 1 fully saturated rings. The molecule has 0 N–H and O–H groups in total. The zero-order chi connectivity index (χ0) is 16.4. The first-order chi connectivity index (χ1) is 10.3. The summed E-state index contributed by atoms with van der Waals surface area (Å²) < 4.78 is 23.4. The van der Waals surface area contributed by atoms with E-state index in [9.17, 15) is 0 Å². The first-order valence-corrected chi connectivity index (χ1v) is 7.97. The van der Waals surface area contributed by atoms with Gasteiger partial charge >= 0.3 is 7.12 Å². The Hall–Kier alpha value is -1.20. The van der Waals surface area contributed by atoms with Crippen molar-refractivity contribution in [2.75, 3.05) is 13.7 Å². The number of hydrogen-bond donors (Lipinski definition) is 0. The van der Waals surface area contributed by atoms with Gasteiger partial charge in [-0.1, -0.05) is 19.4 Å². The van der Waals surface area contributed by atoms with Crippen LogP contribution in [0.15, 0.2) is 18.2 Å². The molecule has 1 aromatic rings. The third-order valence-corrected chi connectivity index (χ3v) is 4.48. The molecular formula is C17H27BO4. The van der Waals surface area contributed by atoms with Gasteiger partial charge in [0.15, 0.2) is 0 Å². The Morgan fingerprint density at radius 2 is 1.73 bits per heavy atom. The Bertz CT molecular complexity index is 497. The van der Waals surface area contributed by atoms with Crippen molar-refractivity contribution >= 4 is 12.6 Å². The van der Waals surface area contributed by atoms with E-state index in [-0.39, 0.29) is 11.2 Å². The molecule has 0 aliphatic carbocycles. The average Bonchev–Trinajstić information content (AvgIpc) is 2.67. The van der Waals surface area contributed by atoms with E-state index in [1.165, 1.54) is 0 Å². The summed E-state index contributed by atoms with van der Waals surface area (Å²) in [4.78, 5) is 0. The highest BCUT2D eigenvalue weighted by Gasteiger charge is 2.52. The van der Waals surface area contributed by atoms with Crippen LogP contribution in [0.1, 0.15) is 47.5 Å². The molecule has 1 aliphatic heterocycles. The molecule has 0 aromatic heterocycles. The fourth-order valence-electron chi connectivity index (χ4n) is 2.28. The minimum atomic E-state index is -0.426. The Kier molecular flexibility index (Phi) is 5.08. The van der Waals surface area contributed by atoms with Gasteiger partial charge in [0.1, 0.15) is 11.5 Å². The number of unbranched alkanes of at least 4 members (excludes halogenated alkanes) is 1. The van der Waals surface area contributed by atoms with Crippen LogP contribution in [0.4, 0.5) is 0 Å². The number of benzene rings is 1. The summed E-state index contributed by atoms with van der Waals surface area (Å²) >= 11 is 0. The van der Waals surface area contributed by atoms with Crippen LogP contribution in [0.3, 0.4) is 0 Å². The molecule has 0 saturated carbocycles. The number of ether oxygens (including phenoxy) is 2. The molecule has 1 aliphatic rings. The van der Waals surface area contributed by atoms with Crippen LogP contribution in [0.25, 0.3) is 0 Å². The highest BCUT2D eigenvalue weighted by Crippen LogP contribution is 2.37. The summed E-state index contributed by atoms with van der Waals surface area (Å²) in [6.07, 6.45) is 2.16. The monoisotopic (exact) mass is 306 g/mol. The van der Waals surface area contributed by atoms with E-state index < -0.39 is 7.12 Å². The zero-order valence-corrected chi connectivity index (χ0v) is 14.6. The third-order valence-electron chi connectivity index (χ3n) is 4.48. The van der Waals surface area contributed by atoms with Crippen molar-refractivity contribution in [1.82, 2.24) is 0 Å². The maximum Gasteiger partial charge on any atom is 0.498 e. The van der Waals surface area contributed by atoms with Gasteiger partial charge in [-0.15, -0.1) is 0 Å². The molecule has 0 amide bonds. The lowest BCUT2D eigenvalue weighted by atomic mass is 9.78. The first kappa shape index (κ1) is 17.2. The molecule has 0 bridgehead atoms. The van der Waals surface area contributed by atoms with Crippen molar-refractivity contribution in [2.24, 2.45) is 0 Å². The summed E-state index contributed by atoms with van der Waals surface area (Å²) in [6.45, 7) is 11.0. The van der Waals surface area contributed by atoms with Gasteiger partial charge in [-0.05, 0) is 40.2 Å². The van der Waals surface area contributed by atoms with E-state index in [0.29, 0.717) is 0 Å². The lowest BCUT2D eigenvalue weighted by Crippen LogP contribution is -2.41. The van der Waals surface area contributed by atoms with E-state index in [1.807, 2.05) is 45.9 Å². The van der Waals surface area contributed by atoms with Gasteiger partial charge in [0, 0.05) is 11.5 Å². The van der Waals surface area contributed by atoms with E-state index in [4.69, 9.17) is 18.8 Å². The van der Waals surface area contributed by atoms with E-state index >= 15 is 0 Å². The van der Waals surface area contributed by atoms with Crippen LogP contribution in [0.5, 0.6) is 11.5 Å². The van der Waals surface area contributed by atoms with Crippen LogP contribution in [0, 0.1) is 0 Å². The fourth-order valence-corrected chi connectivity index (χ4v) is 2.28. The lowest BCUT2D eigenvalue weighted by Gasteiger charge is -2.32. The summed E-state index contributed by atoms with van der Waals surface area (Å²) in [5, 5.41) is 0. The van der Waals surface area contributed by atoms with Crippen LogP contribution in [-0.4, -0.2) is 32.0 Å². The summed E-state index contributed by atoms with van der Waals surface area (Å²) in [5.41, 5.74) is 0.168. The molecule has 1 heterocycles. The maximum absolute atomic E-state index is 6.09. The fraction of sp³-hybridized carbons (Fsp3) is 0.647. The minimum absolute atomic E-state index is 0.362. The Labute approximate surface area is 134 Å². The molecule has 1 saturated heterocycles. The van der Waals surface area contributed by atoms with Crippen LogP contribution < -0.4 is 14.9 Å². The second-order valence-corrected chi connectivity index (χ2v) is 6.69. The molecular weight excluding hydrogens is 279 g/mol. The molecule has 22 heavy (non-hydrogen) atoms. The Morgan fingerprint density at radius 1 is 1.09 bits per heavy atom. The van der Waals surface area contributed by atoms with Gasteiger partial charge in [-0.25, -0.2) is 0 Å². The van der Waals surface area contributed by atoms with Gasteiger partial charge in [0.2, 0.25) is 0 Å². The molecule has 122 valence electrons. The van der Waals surface area contributed by atoms with E-state index in [1.54, 1.807) is 7.11 Å². The smallest absolute Gasteiger partial charge is 0.497 e. The normalized spacial score (nSPS) is 19.3. The van der Waals surface area contributed by atoms with Gasteiger partial charge in [0.05, 0.1) is 24.9 Å². The SMILES string of the molecule is CCCCOc1ccc(B2OC(C)(C)C(C)(C)O2)c(OC)c1. The zero-order valence-electron chi connectivity index (χ0n) is 14.6. The molecule has 5 heteroatoms. The standard InChI is InChI=1S/C17H27BO4/c1-7-8-11-20-13-9-10-14(15(12-13)19-6)18-21-16(2,3)17(4,5)22-18/h9-10,12H,7-8,11H2,1-6H3. The van der Waals surface area contributed by atoms with Crippen molar-refractivity contribution in [1.29, 1.82) is 0 Å². The van der Waals surface area contributed by atoms with Crippen molar-refractivity contribution in [3.63, 3.8) is 0 Å². The highest BCUT2D eigenvalue weighted by atomic mass is 16.7. The summed E-state index contributed by atoms with van der Waals surface area (Å²) in [6, 6.07) is 5.80. The van der Waals surface area contributed by atoms with E-state index in [2.05, 4.69) is 6.92 Å². The van der Waals surface area contributed by atoms with Crippen LogP contribution >= 0.6 is 0 Å². The molecule has 0 spiro atoms. The highest BCUT2D eigenvalue weighted by molar-refractivity contribution is 6.63. The molecule has 0 unspecified atom stereocenters. The van der Waals surface area contributed by atoms with Crippen LogP contribution in [-0.2, 0) is 9.31 Å². The molecule has 0 radical (unpaired) electrons. The van der Waals surface area contributed by atoms with Gasteiger partial charge in [-0.2, -0.15) is 0 Å². The second kappa shape index (κ2) is 6.51. The largest absolute Gasteiger partial charge is 0.498 e. The Morgan fingerprint density at radius 3 is 2.27 bits per heavy atom. The van der Waals surface area contributed by atoms with Gasteiger partial charge in [-0.3, -0.25) is 0 Å². The van der Waals surface area contributed by atoms with Gasteiger partial charge < -0.3 is 18.8 Å². The number of hydrogen-bond acceptors (Lipinski definition) is 4. The molecule has 1 aromatic carbocycles. The summed E-state index contributed by atoms with van der Waals surface area (Å²) in [7, 11) is 1.23. The average molecular weight is 306 g/mol. The number of methoxy groups -OCH3 is 1. The van der Waals surface area contributed by atoms with Crippen molar-refractivity contribution in [3.05, 3.63) is 18.2 Å². The van der Waals surface area contributed by atoms with Crippen molar-refractivity contribution in [3.8, 4) is 11.5 Å². The first-order valence-electron chi connectivity index (χ1n) is 7.97. The topological polar surface area (TPSA) is 36.9 Å². The molecule has 2 rings (SSSR count). The minimum Gasteiger partial charge on any atom is -0.497 e.